The summed E-state index contributed by atoms with van der Waals surface area (Å²) in [5, 5.41) is 12.8. The Balaban J connectivity index is 1.23. The summed E-state index contributed by atoms with van der Waals surface area (Å²) in [5.74, 6) is -0.654. The second-order valence-electron chi connectivity index (χ2n) is 11.7. The van der Waals surface area contributed by atoms with Crippen LogP contribution in [0.5, 0.6) is 5.75 Å². The van der Waals surface area contributed by atoms with E-state index in [4.69, 9.17) is 0 Å². The maximum atomic E-state index is 14.0. The van der Waals surface area contributed by atoms with E-state index < -0.39 is 17.5 Å². The molecule has 3 saturated heterocycles. The van der Waals surface area contributed by atoms with Crippen molar-refractivity contribution in [3.8, 4) is 5.75 Å². The smallest absolute Gasteiger partial charge is 0.253 e. The lowest BCUT2D eigenvalue weighted by Gasteiger charge is -2.44. The van der Waals surface area contributed by atoms with Crippen molar-refractivity contribution in [1.82, 2.24) is 30.0 Å². The summed E-state index contributed by atoms with van der Waals surface area (Å²) >= 11 is 1.68. The van der Waals surface area contributed by atoms with E-state index >= 15 is 0 Å². The Hall–Kier alpha value is -3.96. The third-order valence-corrected chi connectivity index (χ3v) is 10.3. The largest absolute Gasteiger partial charge is 0.508 e. The number of hydrogen-bond donors (Lipinski definition) is 2. The molecular weight excluding hydrogens is 552 g/mol. The predicted octanol–water partition coefficient (Wildman–Crippen LogP) is 2.49. The van der Waals surface area contributed by atoms with E-state index in [-0.39, 0.29) is 46.8 Å². The first-order valence-corrected chi connectivity index (χ1v) is 14.9. The molecule has 6 rings (SSSR count). The van der Waals surface area contributed by atoms with Crippen molar-refractivity contribution in [2.75, 3.05) is 13.1 Å². The third-order valence-electron chi connectivity index (χ3n) is 8.56. The van der Waals surface area contributed by atoms with Crippen LogP contribution in [0.2, 0.25) is 0 Å². The maximum Gasteiger partial charge on any atom is 0.253 e. The van der Waals surface area contributed by atoms with Crippen LogP contribution in [0.15, 0.2) is 73.1 Å². The Kier molecular flexibility index (Phi) is 7.18. The van der Waals surface area contributed by atoms with Gasteiger partial charge in [-0.2, -0.15) is 0 Å². The van der Waals surface area contributed by atoms with Crippen LogP contribution in [0.25, 0.3) is 0 Å². The Labute approximate surface area is 249 Å². The highest BCUT2D eigenvalue weighted by Gasteiger charge is 2.65. The normalized spacial score (nSPS) is 25.6. The molecule has 1 aromatic carbocycles. The van der Waals surface area contributed by atoms with Crippen LogP contribution in [-0.2, 0) is 33.0 Å². The lowest BCUT2D eigenvalue weighted by atomic mass is 9.94. The molecular formula is C31H34N6O4S. The van der Waals surface area contributed by atoms with Crippen molar-refractivity contribution in [2.45, 2.75) is 61.6 Å². The highest BCUT2D eigenvalue weighted by Crippen LogP contribution is 2.51. The molecule has 3 amide bonds. The van der Waals surface area contributed by atoms with Crippen molar-refractivity contribution >= 4 is 29.5 Å². The van der Waals surface area contributed by atoms with Crippen LogP contribution in [0.3, 0.4) is 0 Å². The monoisotopic (exact) mass is 586 g/mol. The van der Waals surface area contributed by atoms with E-state index in [1.807, 2.05) is 53.1 Å². The molecule has 2 N–H and O–H groups in total. The average Bonchev–Trinajstić information content (AvgIpc) is 3.70. The zero-order valence-electron chi connectivity index (χ0n) is 23.8. The molecule has 2 aromatic heterocycles. The minimum atomic E-state index is -1.27. The first-order chi connectivity index (χ1) is 20.1. The van der Waals surface area contributed by atoms with Crippen LogP contribution in [0.4, 0.5) is 0 Å². The molecule has 5 heterocycles. The van der Waals surface area contributed by atoms with Gasteiger partial charge in [0, 0.05) is 36.3 Å². The number of nitrogens with one attached hydrogen (secondary N) is 1. The third kappa shape index (κ3) is 5.00. The van der Waals surface area contributed by atoms with Crippen LogP contribution in [0.1, 0.15) is 37.7 Å². The van der Waals surface area contributed by atoms with E-state index in [1.165, 1.54) is 12.1 Å². The number of aromatic nitrogens is 2. The molecule has 4 unspecified atom stereocenters. The minimum absolute atomic E-state index is 0.0422. The lowest BCUT2D eigenvalue weighted by Crippen LogP contribution is -2.70. The number of rotatable bonds is 9. The number of benzene rings is 1. The highest BCUT2D eigenvalue weighted by molar-refractivity contribution is 8.01. The number of carbonyl (C=O) groups is 3. The molecule has 3 aliphatic rings. The summed E-state index contributed by atoms with van der Waals surface area (Å²) in [7, 11) is 0. The molecule has 10 nitrogen and oxygen atoms in total. The molecule has 3 aliphatic heterocycles. The van der Waals surface area contributed by atoms with Gasteiger partial charge in [0.2, 0.25) is 11.8 Å². The fourth-order valence-electron chi connectivity index (χ4n) is 5.85. The molecule has 0 spiro atoms. The zero-order chi connectivity index (χ0) is 29.6. The van der Waals surface area contributed by atoms with Crippen LogP contribution < -0.4 is 5.32 Å². The number of thioether (sulfide) groups is 1. The number of pyridine rings is 2. The summed E-state index contributed by atoms with van der Waals surface area (Å²) < 4.78 is -0.124. The van der Waals surface area contributed by atoms with E-state index in [1.54, 1.807) is 41.2 Å². The van der Waals surface area contributed by atoms with Gasteiger partial charge in [0.15, 0.2) is 5.54 Å². The number of β-lactam (4-membered cyclic amide) rings is 1. The molecule has 0 aliphatic carbocycles. The van der Waals surface area contributed by atoms with E-state index in [9.17, 15) is 19.5 Å². The van der Waals surface area contributed by atoms with Gasteiger partial charge in [-0.15, -0.1) is 11.8 Å². The molecule has 0 saturated carbocycles. The van der Waals surface area contributed by atoms with Gasteiger partial charge in [-0.3, -0.25) is 29.3 Å². The topological polar surface area (TPSA) is 119 Å². The Bertz CT molecular complexity index is 1450. The number of aromatic hydroxyl groups is 1. The number of fused-ring (bicyclic) bond motifs is 1. The first-order valence-electron chi connectivity index (χ1n) is 14.0. The van der Waals surface area contributed by atoms with Crippen molar-refractivity contribution < 1.29 is 19.5 Å². The fraction of sp³-hybridized carbons (Fsp3) is 0.387. The molecule has 0 bridgehead atoms. The summed E-state index contributed by atoms with van der Waals surface area (Å²) in [6, 6.07) is 17.0. The summed E-state index contributed by atoms with van der Waals surface area (Å²) in [4.78, 5) is 55.1. The Morgan fingerprint density at radius 1 is 1.02 bits per heavy atom. The molecule has 11 heteroatoms. The summed E-state index contributed by atoms with van der Waals surface area (Å²) in [5.41, 5.74) is 0.948. The predicted molar refractivity (Wildman–Crippen MR) is 158 cm³/mol. The second-order valence-corrected chi connectivity index (χ2v) is 13.4. The molecule has 218 valence electrons. The number of amides is 3. The zero-order valence-corrected chi connectivity index (χ0v) is 24.6. The van der Waals surface area contributed by atoms with Crippen LogP contribution >= 0.6 is 11.8 Å². The van der Waals surface area contributed by atoms with Crippen LogP contribution in [-0.4, -0.2) is 82.8 Å². The van der Waals surface area contributed by atoms with Gasteiger partial charge in [-0.05, 0) is 62.7 Å². The number of carbonyl (C=O) groups excluding carboxylic acids is 3. The Morgan fingerprint density at radius 2 is 1.64 bits per heavy atom. The molecule has 3 aromatic rings. The van der Waals surface area contributed by atoms with Crippen molar-refractivity contribution in [3.05, 3.63) is 90.0 Å². The van der Waals surface area contributed by atoms with Crippen molar-refractivity contribution in [3.63, 3.8) is 0 Å². The van der Waals surface area contributed by atoms with Gasteiger partial charge in [-0.25, -0.2) is 0 Å². The number of hydrogen-bond acceptors (Lipinski definition) is 8. The highest BCUT2D eigenvalue weighted by atomic mass is 32.2. The van der Waals surface area contributed by atoms with E-state index in [0.717, 1.165) is 11.4 Å². The molecule has 3 fully saturated rings. The summed E-state index contributed by atoms with van der Waals surface area (Å²) in [6.07, 6.45) is 3.43. The minimum Gasteiger partial charge on any atom is -0.508 e. The van der Waals surface area contributed by atoms with Gasteiger partial charge in [0.25, 0.3) is 5.91 Å². The number of phenols is 1. The number of phenolic OH excluding ortho intramolecular Hbond substituents is 1. The standard InChI is InChI=1S/C31H34N6O4S/c1-20-30(2,3)42-28-26(27(40)37(20)28)34-29(41)31(21-10-12-24(38)13-11-21)19-36(31)25(39)18-35(16-22-8-4-6-14-32-22)17-23-9-5-7-15-33-23/h4-15,20,26,28,38H,16-19H2,1-3H3,(H,34,41). The van der Waals surface area contributed by atoms with Crippen molar-refractivity contribution in [1.29, 1.82) is 0 Å². The Morgan fingerprint density at radius 3 is 2.21 bits per heavy atom. The average molecular weight is 587 g/mol. The maximum absolute atomic E-state index is 14.0. The lowest BCUT2D eigenvalue weighted by molar-refractivity contribution is -0.151. The quantitative estimate of drug-likeness (QED) is 0.290. The molecule has 4 atom stereocenters. The van der Waals surface area contributed by atoms with Gasteiger partial charge < -0.3 is 20.2 Å². The van der Waals surface area contributed by atoms with Gasteiger partial charge in [-0.1, -0.05) is 24.3 Å². The molecule has 0 radical (unpaired) electrons. The van der Waals surface area contributed by atoms with Crippen molar-refractivity contribution in [2.24, 2.45) is 0 Å². The SMILES string of the molecule is CC1N2C(=O)C(NC(=O)C3(c4ccc(O)cc4)CN3C(=O)CN(Cc3ccccn3)Cc3ccccn3)C2SC1(C)C. The number of nitrogens with zero attached hydrogens (tertiary/aromatic N) is 5. The molecule has 42 heavy (non-hydrogen) atoms. The first kappa shape index (κ1) is 28.2. The van der Waals surface area contributed by atoms with Gasteiger partial charge in [0.05, 0.1) is 24.5 Å². The van der Waals surface area contributed by atoms with Gasteiger partial charge in [0.1, 0.15) is 17.2 Å². The fourth-order valence-corrected chi connectivity index (χ4v) is 7.50. The van der Waals surface area contributed by atoms with Gasteiger partial charge >= 0.3 is 0 Å². The summed E-state index contributed by atoms with van der Waals surface area (Å²) in [6.45, 7) is 7.31. The van der Waals surface area contributed by atoms with Crippen LogP contribution in [0, 0.1) is 0 Å². The van der Waals surface area contributed by atoms with E-state index in [2.05, 4.69) is 29.1 Å². The van der Waals surface area contributed by atoms with E-state index in [0.29, 0.717) is 18.7 Å². The second kappa shape index (κ2) is 10.7.